The molecule has 0 aliphatic rings. The molecule has 0 amide bonds. The average Bonchev–Trinajstić information content (AvgIpc) is 2.21. The fourth-order valence-corrected chi connectivity index (χ4v) is 1.53. The molecule has 0 fully saturated rings. The zero-order valence-corrected chi connectivity index (χ0v) is 10.2. The van der Waals surface area contributed by atoms with E-state index in [1.54, 1.807) is 13.0 Å². The van der Waals surface area contributed by atoms with Gasteiger partial charge in [-0.2, -0.15) is 0 Å². The van der Waals surface area contributed by atoms with E-state index in [2.05, 4.69) is 6.58 Å². The van der Waals surface area contributed by atoms with Gasteiger partial charge in [0.25, 0.3) is 5.69 Å². The number of halogens is 1. The van der Waals surface area contributed by atoms with Gasteiger partial charge in [0.2, 0.25) is 0 Å². The maximum Gasteiger partial charge on any atom is 0.277 e. The minimum absolute atomic E-state index is 0. The van der Waals surface area contributed by atoms with E-state index >= 15 is 0 Å². The maximum absolute atomic E-state index is 10.8. The number of phenols is 1. The molecule has 0 spiro atoms. The molecule has 0 aliphatic heterocycles. The second kappa shape index (κ2) is 6.22. The predicted molar refractivity (Wildman–Crippen MR) is 68.5 cm³/mol. The quantitative estimate of drug-likeness (QED) is 0.493. The Balaban J connectivity index is 0.00000256. The third-order valence-corrected chi connectivity index (χ3v) is 2.38. The number of phenolic OH excluding ortho intramolecular Hbond substituents is 1. The van der Waals surface area contributed by atoms with Gasteiger partial charge in [-0.15, -0.1) is 19.0 Å². The molecule has 0 aromatic heterocycles. The van der Waals surface area contributed by atoms with Crippen molar-refractivity contribution in [3.63, 3.8) is 0 Å². The summed E-state index contributed by atoms with van der Waals surface area (Å²) in [6, 6.07) is 2.24. The van der Waals surface area contributed by atoms with Gasteiger partial charge in [0.05, 0.1) is 10.5 Å². The minimum atomic E-state index is -0.613. The summed E-state index contributed by atoms with van der Waals surface area (Å²) in [5, 5.41) is 20.6. The number of hydrogen-bond acceptors (Lipinski definition) is 4. The third kappa shape index (κ3) is 3.18. The van der Waals surface area contributed by atoms with Crippen molar-refractivity contribution in [1.29, 1.82) is 0 Å². The number of nitro groups is 1. The first-order valence-corrected chi connectivity index (χ1v) is 4.82. The summed E-state index contributed by atoms with van der Waals surface area (Å²) in [7, 11) is 0. The van der Waals surface area contributed by atoms with Crippen molar-refractivity contribution in [3.8, 4) is 5.75 Å². The van der Waals surface area contributed by atoms with Gasteiger partial charge in [-0.1, -0.05) is 6.08 Å². The Bertz CT molecular complexity index is 435. The van der Waals surface area contributed by atoms with Crippen LogP contribution in [-0.4, -0.2) is 10.0 Å². The van der Waals surface area contributed by atoms with Crippen LogP contribution in [0.15, 0.2) is 24.8 Å². The van der Waals surface area contributed by atoms with Crippen molar-refractivity contribution >= 4 is 18.1 Å². The highest BCUT2D eigenvalue weighted by Crippen LogP contribution is 2.35. The predicted octanol–water partition coefficient (Wildman–Crippen LogP) is 2.61. The Kier molecular flexibility index (Phi) is 5.64. The van der Waals surface area contributed by atoms with E-state index in [1.165, 1.54) is 12.1 Å². The number of aryl methyl sites for hydroxylation is 1. The van der Waals surface area contributed by atoms with E-state index in [4.69, 9.17) is 5.73 Å². The molecule has 3 N–H and O–H groups in total. The zero-order chi connectivity index (χ0) is 12.3. The molecule has 0 saturated carbocycles. The summed E-state index contributed by atoms with van der Waals surface area (Å²) in [4.78, 5) is 10.3. The molecule has 0 unspecified atom stereocenters. The summed E-state index contributed by atoms with van der Waals surface area (Å²) in [6.07, 6.45) is 1.94. The third-order valence-electron chi connectivity index (χ3n) is 2.38. The molecular weight excluding hydrogens is 244 g/mol. The van der Waals surface area contributed by atoms with E-state index in [0.29, 0.717) is 12.0 Å². The summed E-state index contributed by atoms with van der Waals surface area (Å²) in [5.74, 6) is -0.108. The average molecular weight is 259 g/mol. The lowest BCUT2D eigenvalue weighted by Crippen LogP contribution is -2.12. The largest absolute Gasteiger partial charge is 0.507 e. The van der Waals surface area contributed by atoms with E-state index in [1.807, 2.05) is 0 Å². The molecule has 0 radical (unpaired) electrons. The molecular formula is C11H15ClN2O3. The first-order chi connectivity index (χ1) is 7.49. The highest BCUT2D eigenvalue weighted by molar-refractivity contribution is 5.85. The molecule has 6 heteroatoms. The Morgan fingerprint density at radius 1 is 1.65 bits per heavy atom. The standard InChI is InChI=1S/C11H14N2O3.ClH/c1-3-4-8(12)10-9(13(15)16)6-5-7(2)11(10)14;/h3,5-6,8,14H,1,4,12H2,2H3;1H/t8-;/m0./s1. The van der Waals surface area contributed by atoms with Gasteiger partial charge in [0.15, 0.2) is 0 Å². The Hall–Kier alpha value is -1.59. The Labute approximate surface area is 106 Å². The van der Waals surface area contributed by atoms with Crippen LogP contribution in [0.1, 0.15) is 23.6 Å². The molecule has 0 aliphatic carbocycles. The monoisotopic (exact) mass is 258 g/mol. The van der Waals surface area contributed by atoms with Gasteiger partial charge in [-0.3, -0.25) is 10.1 Å². The molecule has 1 rings (SSSR count). The second-order valence-electron chi connectivity index (χ2n) is 3.55. The summed E-state index contributed by atoms with van der Waals surface area (Å²) in [6.45, 7) is 5.19. The molecule has 5 nitrogen and oxygen atoms in total. The van der Waals surface area contributed by atoms with Crippen LogP contribution in [0.4, 0.5) is 5.69 Å². The zero-order valence-electron chi connectivity index (χ0n) is 9.42. The first kappa shape index (κ1) is 15.4. The Morgan fingerprint density at radius 2 is 2.24 bits per heavy atom. The van der Waals surface area contributed by atoms with E-state index < -0.39 is 11.0 Å². The van der Waals surface area contributed by atoms with Crippen LogP contribution >= 0.6 is 12.4 Å². The molecule has 94 valence electrons. The number of nitro benzene ring substituents is 1. The van der Waals surface area contributed by atoms with E-state index in [9.17, 15) is 15.2 Å². The highest BCUT2D eigenvalue weighted by atomic mass is 35.5. The molecule has 1 aromatic rings. The van der Waals surface area contributed by atoms with Crippen LogP contribution in [-0.2, 0) is 0 Å². The van der Waals surface area contributed by atoms with Gasteiger partial charge < -0.3 is 10.8 Å². The lowest BCUT2D eigenvalue weighted by molar-refractivity contribution is -0.385. The SMILES string of the molecule is C=CC[C@H](N)c1c([N+](=O)[O-])ccc(C)c1O.Cl. The number of rotatable bonds is 4. The topological polar surface area (TPSA) is 89.4 Å². The smallest absolute Gasteiger partial charge is 0.277 e. The van der Waals surface area contributed by atoms with Gasteiger partial charge in [0, 0.05) is 12.1 Å². The fourth-order valence-electron chi connectivity index (χ4n) is 1.53. The van der Waals surface area contributed by atoms with Crippen LogP contribution in [0.2, 0.25) is 0 Å². The van der Waals surface area contributed by atoms with Crippen LogP contribution in [0, 0.1) is 17.0 Å². The fraction of sp³-hybridized carbons (Fsp3) is 0.273. The van der Waals surface area contributed by atoms with Crippen molar-refractivity contribution in [2.75, 3.05) is 0 Å². The maximum atomic E-state index is 10.8. The van der Waals surface area contributed by atoms with Crippen molar-refractivity contribution in [2.24, 2.45) is 5.73 Å². The van der Waals surface area contributed by atoms with Gasteiger partial charge in [-0.05, 0) is 25.0 Å². The number of nitrogens with two attached hydrogens (primary N) is 1. The van der Waals surface area contributed by atoms with Gasteiger partial charge in [-0.25, -0.2) is 0 Å². The normalized spacial score (nSPS) is 11.4. The van der Waals surface area contributed by atoms with Crippen molar-refractivity contribution in [2.45, 2.75) is 19.4 Å². The number of hydrogen-bond donors (Lipinski definition) is 2. The number of nitrogens with zero attached hydrogens (tertiary/aromatic N) is 1. The van der Waals surface area contributed by atoms with Gasteiger partial charge >= 0.3 is 0 Å². The molecule has 1 aromatic carbocycles. The van der Waals surface area contributed by atoms with Crippen molar-refractivity contribution < 1.29 is 10.0 Å². The van der Waals surface area contributed by atoms with Crippen LogP contribution in [0.25, 0.3) is 0 Å². The Morgan fingerprint density at radius 3 is 2.71 bits per heavy atom. The molecule has 0 heterocycles. The first-order valence-electron chi connectivity index (χ1n) is 4.82. The molecule has 0 bridgehead atoms. The van der Waals surface area contributed by atoms with Crippen LogP contribution in [0.5, 0.6) is 5.75 Å². The lowest BCUT2D eigenvalue weighted by atomic mass is 9.99. The van der Waals surface area contributed by atoms with E-state index in [0.717, 1.165) is 0 Å². The highest BCUT2D eigenvalue weighted by Gasteiger charge is 2.23. The molecule has 17 heavy (non-hydrogen) atoms. The van der Waals surface area contributed by atoms with Crippen molar-refractivity contribution in [1.82, 2.24) is 0 Å². The minimum Gasteiger partial charge on any atom is -0.507 e. The number of aromatic hydroxyl groups is 1. The van der Waals surface area contributed by atoms with Crippen molar-refractivity contribution in [3.05, 3.63) is 46.0 Å². The van der Waals surface area contributed by atoms with Crippen LogP contribution < -0.4 is 5.73 Å². The number of benzene rings is 1. The summed E-state index contributed by atoms with van der Waals surface area (Å²) in [5.41, 5.74) is 6.36. The summed E-state index contributed by atoms with van der Waals surface area (Å²) < 4.78 is 0. The van der Waals surface area contributed by atoms with Crippen LogP contribution in [0.3, 0.4) is 0 Å². The van der Waals surface area contributed by atoms with E-state index in [-0.39, 0.29) is 29.4 Å². The lowest BCUT2D eigenvalue weighted by Gasteiger charge is -2.13. The summed E-state index contributed by atoms with van der Waals surface area (Å²) >= 11 is 0. The molecule has 1 atom stereocenters. The van der Waals surface area contributed by atoms with Gasteiger partial charge in [0.1, 0.15) is 5.75 Å². The second-order valence-corrected chi connectivity index (χ2v) is 3.55. The molecule has 0 saturated heterocycles.